The lowest BCUT2D eigenvalue weighted by Crippen LogP contribution is -2.50. The van der Waals surface area contributed by atoms with Gasteiger partial charge in [-0.15, -0.1) is 0 Å². The zero-order chi connectivity index (χ0) is 13.0. The lowest BCUT2D eigenvalue weighted by Gasteiger charge is -2.38. The summed E-state index contributed by atoms with van der Waals surface area (Å²) < 4.78 is 0. The SMILES string of the molecule is O=C(O)CCN1CC(CCO)CC(NC2CC2)C1. The number of nitrogens with zero attached hydrogens (tertiary/aromatic N) is 1. The first kappa shape index (κ1) is 13.8. The zero-order valence-corrected chi connectivity index (χ0v) is 10.8. The number of carbonyl (C=O) groups is 1. The first-order valence-electron chi connectivity index (χ1n) is 6.98. The Morgan fingerprint density at radius 3 is 2.67 bits per heavy atom. The summed E-state index contributed by atoms with van der Waals surface area (Å²) in [6.45, 7) is 2.73. The van der Waals surface area contributed by atoms with E-state index in [2.05, 4.69) is 10.2 Å². The van der Waals surface area contributed by atoms with Gasteiger partial charge in [-0.05, 0) is 31.6 Å². The summed E-state index contributed by atoms with van der Waals surface area (Å²) in [4.78, 5) is 12.9. The van der Waals surface area contributed by atoms with Gasteiger partial charge in [-0.25, -0.2) is 0 Å². The van der Waals surface area contributed by atoms with Crippen LogP contribution in [0.2, 0.25) is 0 Å². The Kier molecular flexibility index (Phi) is 4.97. The van der Waals surface area contributed by atoms with E-state index in [4.69, 9.17) is 10.2 Å². The van der Waals surface area contributed by atoms with Gasteiger partial charge in [0.25, 0.3) is 0 Å². The number of aliphatic hydroxyl groups excluding tert-OH is 1. The molecule has 1 heterocycles. The molecule has 1 aliphatic carbocycles. The van der Waals surface area contributed by atoms with E-state index in [0.717, 1.165) is 25.9 Å². The van der Waals surface area contributed by atoms with Crippen LogP contribution in [0, 0.1) is 5.92 Å². The summed E-state index contributed by atoms with van der Waals surface area (Å²) >= 11 is 0. The van der Waals surface area contributed by atoms with Gasteiger partial charge in [0.15, 0.2) is 0 Å². The number of carboxylic acid groups (broad SMARTS) is 1. The van der Waals surface area contributed by atoms with Gasteiger partial charge in [-0.3, -0.25) is 4.79 Å². The van der Waals surface area contributed by atoms with Crippen LogP contribution in [-0.2, 0) is 4.79 Å². The highest BCUT2D eigenvalue weighted by Crippen LogP contribution is 2.25. The molecule has 5 heteroatoms. The van der Waals surface area contributed by atoms with Gasteiger partial charge in [-0.1, -0.05) is 0 Å². The monoisotopic (exact) mass is 256 g/mol. The van der Waals surface area contributed by atoms with Crippen molar-refractivity contribution in [2.75, 3.05) is 26.2 Å². The normalized spacial score (nSPS) is 29.4. The predicted molar refractivity (Wildman–Crippen MR) is 68.4 cm³/mol. The fraction of sp³-hybridized carbons (Fsp3) is 0.923. The van der Waals surface area contributed by atoms with Crippen molar-refractivity contribution in [3.05, 3.63) is 0 Å². The minimum absolute atomic E-state index is 0.210. The molecule has 0 bridgehead atoms. The number of nitrogens with one attached hydrogen (secondary N) is 1. The van der Waals surface area contributed by atoms with Crippen LogP contribution < -0.4 is 5.32 Å². The highest BCUT2D eigenvalue weighted by Gasteiger charge is 2.31. The van der Waals surface area contributed by atoms with Crippen LogP contribution in [0.4, 0.5) is 0 Å². The van der Waals surface area contributed by atoms with Crippen LogP contribution in [-0.4, -0.2) is 59.4 Å². The second-order valence-corrected chi connectivity index (χ2v) is 5.66. The molecular formula is C13H24N2O3. The van der Waals surface area contributed by atoms with Crippen molar-refractivity contribution in [3.63, 3.8) is 0 Å². The standard InChI is InChI=1S/C13H24N2O3/c16-6-4-10-7-12(14-11-1-2-11)9-15(8-10)5-3-13(17)18/h10-12,14,16H,1-9H2,(H,17,18). The van der Waals surface area contributed by atoms with E-state index in [1.807, 2.05) is 0 Å². The Bertz CT molecular complexity index is 281. The van der Waals surface area contributed by atoms with Gasteiger partial charge < -0.3 is 20.4 Å². The number of hydrogen-bond donors (Lipinski definition) is 3. The number of rotatable bonds is 7. The van der Waals surface area contributed by atoms with Gasteiger partial charge >= 0.3 is 5.97 Å². The molecule has 0 spiro atoms. The number of aliphatic carboxylic acids is 1. The van der Waals surface area contributed by atoms with E-state index in [1.165, 1.54) is 12.8 Å². The molecule has 2 unspecified atom stereocenters. The van der Waals surface area contributed by atoms with Crippen molar-refractivity contribution in [2.24, 2.45) is 5.92 Å². The van der Waals surface area contributed by atoms with Crippen molar-refractivity contribution in [1.82, 2.24) is 10.2 Å². The van der Waals surface area contributed by atoms with Crippen molar-refractivity contribution in [3.8, 4) is 0 Å². The molecule has 0 radical (unpaired) electrons. The second-order valence-electron chi connectivity index (χ2n) is 5.66. The number of likely N-dealkylation sites (tertiary alicyclic amines) is 1. The second kappa shape index (κ2) is 6.50. The third-order valence-corrected chi connectivity index (χ3v) is 3.84. The zero-order valence-electron chi connectivity index (χ0n) is 10.8. The first-order valence-corrected chi connectivity index (χ1v) is 6.98. The Balaban J connectivity index is 1.81. The Labute approximate surface area is 108 Å². The molecule has 0 amide bonds. The van der Waals surface area contributed by atoms with E-state index in [-0.39, 0.29) is 13.0 Å². The molecule has 2 rings (SSSR count). The summed E-state index contributed by atoms with van der Waals surface area (Å²) in [6.07, 6.45) is 4.70. The maximum Gasteiger partial charge on any atom is 0.304 e. The molecule has 0 aromatic heterocycles. The van der Waals surface area contributed by atoms with Crippen molar-refractivity contribution in [2.45, 2.75) is 44.2 Å². The van der Waals surface area contributed by atoms with E-state index in [9.17, 15) is 4.79 Å². The van der Waals surface area contributed by atoms with Crippen LogP contribution in [0.15, 0.2) is 0 Å². The van der Waals surface area contributed by atoms with Gasteiger partial charge in [0.05, 0.1) is 6.42 Å². The summed E-state index contributed by atoms with van der Waals surface area (Å²) in [5.74, 6) is -0.236. The molecule has 5 nitrogen and oxygen atoms in total. The molecular weight excluding hydrogens is 232 g/mol. The Morgan fingerprint density at radius 2 is 2.06 bits per heavy atom. The summed E-state index contributed by atoms with van der Waals surface area (Å²) in [5, 5.41) is 21.5. The van der Waals surface area contributed by atoms with Gasteiger partial charge in [-0.2, -0.15) is 0 Å². The third-order valence-electron chi connectivity index (χ3n) is 3.84. The largest absolute Gasteiger partial charge is 0.481 e. The van der Waals surface area contributed by atoms with E-state index < -0.39 is 5.97 Å². The fourth-order valence-electron chi connectivity index (χ4n) is 2.83. The highest BCUT2D eigenvalue weighted by molar-refractivity contribution is 5.66. The molecule has 18 heavy (non-hydrogen) atoms. The molecule has 3 N–H and O–H groups in total. The number of aliphatic hydroxyl groups is 1. The smallest absolute Gasteiger partial charge is 0.304 e. The Hall–Kier alpha value is -0.650. The number of carboxylic acids is 1. The van der Waals surface area contributed by atoms with Crippen LogP contribution >= 0.6 is 0 Å². The van der Waals surface area contributed by atoms with Crippen molar-refractivity contribution >= 4 is 5.97 Å². The maximum absolute atomic E-state index is 10.6. The van der Waals surface area contributed by atoms with Gasteiger partial charge in [0.2, 0.25) is 0 Å². The van der Waals surface area contributed by atoms with Crippen molar-refractivity contribution < 1.29 is 15.0 Å². The van der Waals surface area contributed by atoms with Gasteiger partial charge in [0.1, 0.15) is 0 Å². The number of piperidine rings is 1. The number of hydrogen-bond acceptors (Lipinski definition) is 4. The van der Waals surface area contributed by atoms with Crippen molar-refractivity contribution in [1.29, 1.82) is 0 Å². The van der Waals surface area contributed by atoms with E-state index >= 15 is 0 Å². The minimum Gasteiger partial charge on any atom is -0.481 e. The molecule has 2 aliphatic rings. The summed E-state index contributed by atoms with van der Waals surface area (Å²) in [7, 11) is 0. The summed E-state index contributed by atoms with van der Waals surface area (Å²) in [6, 6.07) is 1.15. The third kappa shape index (κ3) is 4.55. The molecule has 104 valence electrons. The average Bonchev–Trinajstić information content (AvgIpc) is 3.10. The quantitative estimate of drug-likeness (QED) is 0.610. The first-order chi connectivity index (χ1) is 8.67. The lowest BCUT2D eigenvalue weighted by atomic mass is 9.91. The molecule has 1 saturated carbocycles. The fourth-order valence-corrected chi connectivity index (χ4v) is 2.83. The van der Waals surface area contributed by atoms with Crippen LogP contribution in [0.25, 0.3) is 0 Å². The topological polar surface area (TPSA) is 72.8 Å². The maximum atomic E-state index is 10.6. The van der Waals surface area contributed by atoms with E-state index in [0.29, 0.717) is 24.5 Å². The van der Waals surface area contributed by atoms with Crippen LogP contribution in [0.3, 0.4) is 0 Å². The molecule has 0 aromatic carbocycles. The van der Waals surface area contributed by atoms with E-state index in [1.54, 1.807) is 0 Å². The molecule has 2 fully saturated rings. The molecule has 1 saturated heterocycles. The predicted octanol–water partition coefficient (Wildman–Crippen LogP) is 0.286. The Morgan fingerprint density at radius 1 is 1.28 bits per heavy atom. The average molecular weight is 256 g/mol. The van der Waals surface area contributed by atoms with Crippen LogP contribution in [0.1, 0.15) is 32.1 Å². The molecule has 0 aromatic rings. The lowest BCUT2D eigenvalue weighted by molar-refractivity contribution is -0.137. The minimum atomic E-state index is -0.731. The van der Waals surface area contributed by atoms with Crippen LogP contribution in [0.5, 0.6) is 0 Å². The highest BCUT2D eigenvalue weighted by atomic mass is 16.4. The van der Waals surface area contributed by atoms with Gasteiger partial charge in [0, 0.05) is 38.3 Å². The summed E-state index contributed by atoms with van der Waals surface area (Å²) in [5.41, 5.74) is 0. The molecule has 2 atom stereocenters. The molecule has 1 aliphatic heterocycles.